The Morgan fingerprint density at radius 1 is 1.20 bits per heavy atom. The van der Waals surface area contributed by atoms with E-state index in [1.54, 1.807) is 0 Å². The van der Waals surface area contributed by atoms with Crippen LogP contribution in [0.4, 0.5) is 0 Å². The van der Waals surface area contributed by atoms with Crippen LogP contribution in [0.25, 0.3) is 0 Å². The van der Waals surface area contributed by atoms with Crippen LogP contribution in [0.5, 0.6) is 0 Å². The molecular weight excluding hydrogens is 248 g/mol. The average molecular weight is 274 g/mol. The molecule has 2 aliphatic rings. The molecule has 0 aromatic heterocycles. The summed E-state index contributed by atoms with van der Waals surface area (Å²) in [5.41, 5.74) is 2.92. The minimum Gasteiger partial charge on any atom is -0.378 e. The largest absolute Gasteiger partial charge is 0.378 e. The van der Waals surface area contributed by atoms with Crippen molar-refractivity contribution in [3.05, 3.63) is 35.4 Å². The van der Waals surface area contributed by atoms with E-state index in [1.807, 2.05) is 0 Å². The predicted molar refractivity (Wildman–Crippen MR) is 81.7 cm³/mol. The van der Waals surface area contributed by atoms with Crippen LogP contribution in [0.1, 0.15) is 49.3 Å². The molecule has 2 aliphatic heterocycles. The van der Waals surface area contributed by atoms with Crippen molar-refractivity contribution in [3.63, 3.8) is 0 Å². The van der Waals surface area contributed by atoms with Crippen molar-refractivity contribution in [2.45, 2.75) is 50.8 Å². The Hall–Kier alpha value is -0.900. The number of ether oxygens (including phenoxy) is 1. The maximum Gasteiger partial charge on any atom is 0.0587 e. The van der Waals surface area contributed by atoms with E-state index >= 15 is 0 Å². The fourth-order valence-electron chi connectivity index (χ4n) is 3.33. The second kappa shape index (κ2) is 7.21. The van der Waals surface area contributed by atoms with Gasteiger partial charge in [-0.3, -0.25) is 0 Å². The van der Waals surface area contributed by atoms with Crippen molar-refractivity contribution in [3.8, 4) is 0 Å². The Labute approximate surface area is 122 Å². The third-order valence-corrected chi connectivity index (χ3v) is 4.49. The molecule has 0 amide bonds. The molecule has 110 valence electrons. The second-order valence-corrected chi connectivity index (χ2v) is 5.95. The summed E-state index contributed by atoms with van der Waals surface area (Å²) >= 11 is 0. The van der Waals surface area contributed by atoms with Crippen LogP contribution in [-0.4, -0.2) is 25.8 Å². The smallest absolute Gasteiger partial charge is 0.0587 e. The molecule has 1 aromatic rings. The number of fused-ring (bicyclic) bond motifs is 1. The first kappa shape index (κ1) is 14.1. The van der Waals surface area contributed by atoms with Crippen molar-refractivity contribution >= 4 is 0 Å². The summed E-state index contributed by atoms with van der Waals surface area (Å²) < 4.78 is 5.81. The zero-order valence-corrected chi connectivity index (χ0v) is 12.2. The molecule has 1 saturated heterocycles. The first-order valence-electron chi connectivity index (χ1n) is 8.07. The van der Waals surface area contributed by atoms with Crippen LogP contribution in [0.15, 0.2) is 24.3 Å². The average Bonchev–Trinajstić information content (AvgIpc) is 2.71. The lowest BCUT2D eigenvalue weighted by molar-refractivity contribution is 0.0111. The highest BCUT2D eigenvalue weighted by Crippen LogP contribution is 2.23. The first-order valence-corrected chi connectivity index (χ1v) is 8.07. The molecule has 2 heterocycles. The second-order valence-electron chi connectivity index (χ2n) is 5.95. The van der Waals surface area contributed by atoms with Crippen molar-refractivity contribution < 1.29 is 4.74 Å². The Morgan fingerprint density at radius 2 is 2.15 bits per heavy atom. The fourth-order valence-corrected chi connectivity index (χ4v) is 3.33. The molecule has 3 heteroatoms. The zero-order valence-electron chi connectivity index (χ0n) is 12.2. The third-order valence-electron chi connectivity index (χ3n) is 4.49. The van der Waals surface area contributed by atoms with E-state index in [0.29, 0.717) is 12.1 Å². The van der Waals surface area contributed by atoms with E-state index in [2.05, 4.69) is 34.9 Å². The number of hydrogen-bond donors (Lipinski definition) is 2. The summed E-state index contributed by atoms with van der Waals surface area (Å²) in [7, 11) is 0. The lowest BCUT2D eigenvalue weighted by Gasteiger charge is -2.24. The molecule has 0 spiro atoms. The molecule has 0 saturated carbocycles. The van der Waals surface area contributed by atoms with E-state index in [9.17, 15) is 0 Å². The van der Waals surface area contributed by atoms with Gasteiger partial charge in [0.1, 0.15) is 0 Å². The number of nitrogens with one attached hydrogen (secondary N) is 2. The van der Waals surface area contributed by atoms with E-state index in [-0.39, 0.29) is 0 Å². The maximum absolute atomic E-state index is 5.81. The molecule has 3 nitrogen and oxygen atoms in total. The minimum atomic E-state index is 0.482. The lowest BCUT2D eigenvalue weighted by atomic mass is 9.99. The van der Waals surface area contributed by atoms with Gasteiger partial charge in [-0.05, 0) is 56.3 Å². The topological polar surface area (TPSA) is 33.3 Å². The lowest BCUT2D eigenvalue weighted by Crippen LogP contribution is -2.28. The molecule has 3 rings (SSSR count). The standard InChI is InChI=1S/C17H26N2O/c1-2-7-16-14(5-1)13-18-10-9-17(16)19-11-8-15-6-3-4-12-20-15/h1-2,5,7,15,17-19H,3-4,6,8-13H2. The molecule has 0 aliphatic carbocycles. The molecule has 2 unspecified atom stereocenters. The van der Waals surface area contributed by atoms with Gasteiger partial charge in [0, 0.05) is 19.2 Å². The van der Waals surface area contributed by atoms with Gasteiger partial charge >= 0.3 is 0 Å². The van der Waals surface area contributed by atoms with Gasteiger partial charge in [0.05, 0.1) is 6.10 Å². The molecule has 0 bridgehead atoms. The van der Waals surface area contributed by atoms with Crippen LogP contribution in [0.3, 0.4) is 0 Å². The summed E-state index contributed by atoms with van der Waals surface area (Å²) in [5.74, 6) is 0. The third kappa shape index (κ3) is 3.60. The van der Waals surface area contributed by atoms with Gasteiger partial charge in [-0.1, -0.05) is 24.3 Å². The Morgan fingerprint density at radius 3 is 3.05 bits per heavy atom. The Kier molecular flexibility index (Phi) is 5.06. The highest BCUT2D eigenvalue weighted by molar-refractivity contribution is 5.30. The first-order chi connectivity index (χ1) is 9.93. The van der Waals surface area contributed by atoms with Crippen molar-refractivity contribution in [2.75, 3.05) is 19.7 Å². The molecule has 20 heavy (non-hydrogen) atoms. The Balaban J connectivity index is 1.54. The number of benzene rings is 1. The summed E-state index contributed by atoms with van der Waals surface area (Å²) in [6, 6.07) is 9.30. The van der Waals surface area contributed by atoms with Crippen molar-refractivity contribution in [1.82, 2.24) is 10.6 Å². The van der Waals surface area contributed by atoms with Crippen LogP contribution >= 0.6 is 0 Å². The van der Waals surface area contributed by atoms with Crippen molar-refractivity contribution in [2.24, 2.45) is 0 Å². The van der Waals surface area contributed by atoms with Gasteiger partial charge in [0.25, 0.3) is 0 Å². The van der Waals surface area contributed by atoms with Gasteiger partial charge < -0.3 is 15.4 Å². The molecular formula is C17H26N2O. The van der Waals surface area contributed by atoms with Gasteiger partial charge in [-0.25, -0.2) is 0 Å². The van der Waals surface area contributed by atoms with E-state index < -0.39 is 0 Å². The van der Waals surface area contributed by atoms with Crippen LogP contribution in [0, 0.1) is 0 Å². The summed E-state index contributed by atoms with van der Waals surface area (Å²) in [6.07, 6.45) is 6.61. The minimum absolute atomic E-state index is 0.482. The van der Waals surface area contributed by atoms with Crippen molar-refractivity contribution in [1.29, 1.82) is 0 Å². The molecule has 2 atom stereocenters. The SMILES string of the molecule is c1ccc2c(c1)CNCCC2NCCC1CCCCO1. The summed E-state index contributed by atoms with van der Waals surface area (Å²) in [5, 5.41) is 7.25. The van der Waals surface area contributed by atoms with E-state index in [1.165, 1.54) is 36.8 Å². The zero-order chi connectivity index (χ0) is 13.6. The molecule has 0 radical (unpaired) electrons. The normalized spacial score (nSPS) is 26.8. The van der Waals surface area contributed by atoms with Gasteiger partial charge in [-0.15, -0.1) is 0 Å². The Bertz CT molecular complexity index is 415. The highest BCUT2D eigenvalue weighted by Gasteiger charge is 2.18. The summed E-state index contributed by atoms with van der Waals surface area (Å²) in [4.78, 5) is 0. The molecule has 1 aromatic carbocycles. The van der Waals surface area contributed by atoms with E-state index in [0.717, 1.165) is 32.7 Å². The number of hydrogen-bond acceptors (Lipinski definition) is 3. The van der Waals surface area contributed by atoms with Gasteiger partial charge in [0.2, 0.25) is 0 Å². The monoisotopic (exact) mass is 274 g/mol. The predicted octanol–water partition coefficient (Wildman–Crippen LogP) is 2.77. The molecule has 1 fully saturated rings. The number of rotatable bonds is 4. The van der Waals surface area contributed by atoms with Crippen LogP contribution < -0.4 is 10.6 Å². The van der Waals surface area contributed by atoms with Gasteiger partial charge in [-0.2, -0.15) is 0 Å². The van der Waals surface area contributed by atoms with Crippen LogP contribution in [0.2, 0.25) is 0 Å². The van der Waals surface area contributed by atoms with Gasteiger partial charge in [0.15, 0.2) is 0 Å². The van der Waals surface area contributed by atoms with E-state index in [4.69, 9.17) is 4.74 Å². The maximum atomic E-state index is 5.81. The summed E-state index contributed by atoms with van der Waals surface area (Å²) in [6.45, 7) is 4.11. The van der Waals surface area contributed by atoms with Crippen LogP contribution in [-0.2, 0) is 11.3 Å². The quantitative estimate of drug-likeness (QED) is 0.886. The fraction of sp³-hybridized carbons (Fsp3) is 0.647. The molecule has 2 N–H and O–H groups in total. The highest BCUT2D eigenvalue weighted by atomic mass is 16.5.